The van der Waals surface area contributed by atoms with Crippen molar-refractivity contribution in [2.45, 2.75) is 13.8 Å². The van der Waals surface area contributed by atoms with Crippen LogP contribution in [0.15, 0.2) is 60.2 Å². The first kappa shape index (κ1) is 19.5. The third kappa shape index (κ3) is 5.60. The SMILES string of the molecule is CC(=O)c1ccc(NC(=O)/C=C(\C)C(=O)Nc2cccc([N+](=O)[O-])c2)cc1. The van der Waals surface area contributed by atoms with E-state index in [9.17, 15) is 24.5 Å². The highest BCUT2D eigenvalue weighted by Gasteiger charge is 2.11. The fourth-order valence-corrected chi connectivity index (χ4v) is 2.16. The molecule has 0 aliphatic heterocycles. The van der Waals surface area contributed by atoms with Crippen LogP contribution in [0.1, 0.15) is 24.2 Å². The quantitative estimate of drug-likeness (QED) is 0.351. The van der Waals surface area contributed by atoms with Crippen molar-refractivity contribution >= 4 is 34.7 Å². The van der Waals surface area contributed by atoms with Crippen LogP contribution >= 0.6 is 0 Å². The van der Waals surface area contributed by atoms with Gasteiger partial charge in [0, 0.05) is 40.7 Å². The maximum absolute atomic E-state index is 12.1. The van der Waals surface area contributed by atoms with E-state index < -0.39 is 16.7 Å². The number of amides is 2. The Bertz CT molecular complexity index is 933. The molecule has 0 saturated heterocycles. The number of nitrogens with zero attached hydrogens (tertiary/aromatic N) is 1. The molecule has 0 spiro atoms. The summed E-state index contributed by atoms with van der Waals surface area (Å²) in [7, 11) is 0. The zero-order valence-electron chi connectivity index (χ0n) is 14.7. The monoisotopic (exact) mass is 367 g/mol. The van der Waals surface area contributed by atoms with Gasteiger partial charge in [0.1, 0.15) is 0 Å². The number of non-ortho nitro benzene ring substituents is 1. The minimum atomic E-state index is -0.566. The molecule has 2 amide bonds. The lowest BCUT2D eigenvalue weighted by atomic mass is 10.1. The number of ketones is 1. The fourth-order valence-electron chi connectivity index (χ4n) is 2.16. The number of nitro benzene ring substituents is 1. The van der Waals surface area contributed by atoms with E-state index in [0.29, 0.717) is 11.3 Å². The molecule has 0 radical (unpaired) electrons. The minimum Gasteiger partial charge on any atom is -0.323 e. The highest BCUT2D eigenvalue weighted by molar-refractivity contribution is 6.10. The van der Waals surface area contributed by atoms with Crippen molar-refractivity contribution in [3.05, 3.63) is 75.9 Å². The van der Waals surface area contributed by atoms with Gasteiger partial charge in [-0.25, -0.2) is 0 Å². The zero-order chi connectivity index (χ0) is 20.0. The maximum Gasteiger partial charge on any atom is 0.271 e. The van der Waals surface area contributed by atoms with Gasteiger partial charge < -0.3 is 10.6 Å². The number of carbonyl (C=O) groups is 3. The van der Waals surface area contributed by atoms with Crippen LogP contribution in [-0.2, 0) is 9.59 Å². The van der Waals surface area contributed by atoms with Crippen LogP contribution in [0.5, 0.6) is 0 Å². The Morgan fingerprint density at radius 3 is 2.22 bits per heavy atom. The summed E-state index contributed by atoms with van der Waals surface area (Å²) in [6.07, 6.45) is 1.12. The molecule has 0 fully saturated rings. The first-order chi connectivity index (χ1) is 12.8. The van der Waals surface area contributed by atoms with Crippen molar-refractivity contribution < 1.29 is 19.3 Å². The summed E-state index contributed by atoms with van der Waals surface area (Å²) in [4.78, 5) is 45.6. The molecule has 8 nitrogen and oxygen atoms in total. The number of carbonyl (C=O) groups excluding carboxylic acids is 3. The third-order valence-corrected chi connectivity index (χ3v) is 3.58. The standard InChI is InChI=1S/C19H17N3O5/c1-12(19(25)21-16-4-3-5-17(11-16)22(26)27)10-18(24)20-15-8-6-14(7-9-15)13(2)23/h3-11H,1-2H3,(H,20,24)(H,21,25)/b12-10+. The van der Waals surface area contributed by atoms with E-state index in [-0.39, 0.29) is 22.7 Å². The summed E-state index contributed by atoms with van der Waals surface area (Å²) in [5.41, 5.74) is 1.23. The van der Waals surface area contributed by atoms with E-state index in [1.165, 1.54) is 38.1 Å². The van der Waals surface area contributed by atoms with Gasteiger partial charge in [-0.3, -0.25) is 24.5 Å². The number of benzene rings is 2. The molecular weight excluding hydrogens is 350 g/mol. The van der Waals surface area contributed by atoms with Crippen molar-refractivity contribution in [3.63, 3.8) is 0 Å². The second-order valence-electron chi connectivity index (χ2n) is 5.71. The second-order valence-corrected chi connectivity index (χ2v) is 5.71. The Morgan fingerprint density at radius 2 is 1.63 bits per heavy atom. The molecule has 2 rings (SSSR count). The molecule has 0 unspecified atom stereocenters. The Kier molecular flexibility index (Phi) is 6.16. The third-order valence-electron chi connectivity index (χ3n) is 3.58. The number of nitro groups is 1. The lowest BCUT2D eigenvalue weighted by molar-refractivity contribution is -0.384. The Labute approximate surface area is 155 Å². The lowest BCUT2D eigenvalue weighted by Crippen LogP contribution is -2.16. The molecule has 8 heteroatoms. The average Bonchev–Trinajstić information content (AvgIpc) is 2.62. The summed E-state index contributed by atoms with van der Waals surface area (Å²) in [6.45, 7) is 2.89. The van der Waals surface area contributed by atoms with Crippen LogP contribution in [0, 0.1) is 10.1 Å². The van der Waals surface area contributed by atoms with Crippen LogP contribution in [0.3, 0.4) is 0 Å². The largest absolute Gasteiger partial charge is 0.323 e. The number of Topliss-reactive ketones (excluding diaryl/α,β-unsaturated/α-hetero) is 1. The van der Waals surface area contributed by atoms with Crippen LogP contribution in [0.25, 0.3) is 0 Å². The summed E-state index contributed by atoms with van der Waals surface area (Å²) in [5, 5.41) is 15.8. The topological polar surface area (TPSA) is 118 Å². The van der Waals surface area contributed by atoms with Gasteiger partial charge in [-0.2, -0.15) is 0 Å². The van der Waals surface area contributed by atoms with Gasteiger partial charge in [0.25, 0.3) is 11.6 Å². The van der Waals surface area contributed by atoms with Crippen molar-refractivity contribution in [1.29, 1.82) is 0 Å². The number of rotatable bonds is 6. The van der Waals surface area contributed by atoms with E-state index >= 15 is 0 Å². The smallest absolute Gasteiger partial charge is 0.271 e. The van der Waals surface area contributed by atoms with Crippen LogP contribution in [0.4, 0.5) is 17.1 Å². The number of hydrogen-bond donors (Lipinski definition) is 2. The Morgan fingerprint density at radius 1 is 0.963 bits per heavy atom. The molecule has 0 atom stereocenters. The molecule has 2 N–H and O–H groups in total. The van der Waals surface area contributed by atoms with E-state index in [4.69, 9.17) is 0 Å². The highest BCUT2D eigenvalue weighted by atomic mass is 16.6. The molecule has 138 valence electrons. The normalized spacial score (nSPS) is 10.8. The zero-order valence-corrected chi connectivity index (χ0v) is 14.7. The van der Waals surface area contributed by atoms with Crippen LogP contribution in [0.2, 0.25) is 0 Å². The molecule has 0 heterocycles. The van der Waals surface area contributed by atoms with Crippen molar-refractivity contribution in [2.75, 3.05) is 10.6 Å². The summed E-state index contributed by atoms with van der Waals surface area (Å²) in [6, 6.07) is 11.8. The van der Waals surface area contributed by atoms with Gasteiger partial charge in [-0.15, -0.1) is 0 Å². The molecule has 0 aliphatic carbocycles. The van der Waals surface area contributed by atoms with E-state index in [2.05, 4.69) is 10.6 Å². The average molecular weight is 367 g/mol. The molecule has 0 saturated carbocycles. The van der Waals surface area contributed by atoms with E-state index in [1.54, 1.807) is 24.3 Å². The van der Waals surface area contributed by atoms with Crippen molar-refractivity contribution in [3.8, 4) is 0 Å². The number of hydrogen-bond acceptors (Lipinski definition) is 5. The van der Waals surface area contributed by atoms with Gasteiger partial charge in [0.2, 0.25) is 5.91 Å². The van der Waals surface area contributed by atoms with Gasteiger partial charge in [0.15, 0.2) is 5.78 Å². The van der Waals surface area contributed by atoms with Crippen molar-refractivity contribution in [1.82, 2.24) is 0 Å². The number of nitrogens with one attached hydrogen (secondary N) is 2. The lowest BCUT2D eigenvalue weighted by Gasteiger charge is -2.06. The predicted molar refractivity (Wildman–Crippen MR) is 101 cm³/mol. The van der Waals surface area contributed by atoms with Gasteiger partial charge in [-0.1, -0.05) is 6.07 Å². The summed E-state index contributed by atoms with van der Waals surface area (Å²) in [5.74, 6) is -1.16. The molecule has 0 aliphatic rings. The molecule has 0 bridgehead atoms. The molecule has 0 aromatic heterocycles. The van der Waals surface area contributed by atoms with E-state index in [0.717, 1.165) is 6.08 Å². The Hall–Kier alpha value is -3.81. The highest BCUT2D eigenvalue weighted by Crippen LogP contribution is 2.17. The predicted octanol–water partition coefficient (Wildman–Crippen LogP) is 3.32. The molecule has 27 heavy (non-hydrogen) atoms. The maximum atomic E-state index is 12.1. The molecule has 2 aromatic carbocycles. The molecular formula is C19H17N3O5. The van der Waals surface area contributed by atoms with Gasteiger partial charge in [-0.05, 0) is 44.2 Å². The minimum absolute atomic E-state index is 0.0820. The van der Waals surface area contributed by atoms with Crippen LogP contribution in [-0.4, -0.2) is 22.5 Å². The Balaban J connectivity index is 2.01. The summed E-state index contributed by atoms with van der Waals surface area (Å²) < 4.78 is 0. The van der Waals surface area contributed by atoms with Gasteiger partial charge in [0.05, 0.1) is 4.92 Å². The number of anilines is 2. The fraction of sp³-hybridized carbons (Fsp3) is 0.105. The van der Waals surface area contributed by atoms with Crippen LogP contribution < -0.4 is 10.6 Å². The van der Waals surface area contributed by atoms with Crippen molar-refractivity contribution in [2.24, 2.45) is 0 Å². The first-order valence-electron chi connectivity index (χ1n) is 7.92. The second kappa shape index (κ2) is 8.52. The molecule has 2 aromatic rings. The first-order valence-corrected chi connectivity index (χ1v) is 7.92. The summed E-state index contributed by atoms with van der Waals surface area (Å²) >= 11 is 0. The van der Waals surface area contributed by atoms with Gasteiger partial charge >= 0.3 is 0 Å². The van der Waals surface area contributed by atoms with E-state index in [1.807, 2.05) is 0 Å².